The number of fused-ring (bicyclic) bond motifs is 8. The van der Waals surface area contributed by atoms with Crippen LogP contribution in [0.15, 0.2) is 97.6 Å². The van der Waals surface area contributed by atoms with Crippen LogP contribution < -0.4 is 0 Å². The van der Waals surface area contributed by atoms with E-state index in [2.05, 4.69) is 54.2 Å². The second-order valence-corrected chi connectivity index (χ2v) is 16.9. The number of hydrogen-bond donors (Lipinski definition) is 6. The predicted octanol–water partition coefficient (Wildman–Crippen LogP) is 8.60. The van der Waals surface area contributed by atoms with Crippen molar-refractivity contribution in [1.29, 1.82) is 0 Å². The minimum Gasteiger partial charge on any atom is -0.393 e. The van der Waals surface area contributed by atoms with Gasteiger partial charge in [-0.1, -0.05) is 0 Å². The molecule has 12 nitrogen and oxygen atoms in total. The van der Waals surface area contributed by atoms with E-state index < -0.39 is 24.4 Å². The van der Waals surface area contributed by atoms with Crippen LogP contribution in [-0.2, 0) is 25.7 Å². The van der Waals surface area contributed by atoms with E-state index in [9.17, 15) is 20.4 Å². The highest BCUT2D eigenvalue weighted by Gasteiger charge is 2.21. The second kappa shape index (κ2) is 18.0. The summed E-state index contributed by atoms with van der Waals surface area (Å²) in [6.07, 6.45) is 14.4. The van der Waals surface area contributed by atoms with Crippen LogP contribution in [-0.4, -0.2) is 84.7 Å². The maximum Gasteiger partial charge on any atom is 0.0737 e. The molecule has 0 amide bonds. The van der Waals surface area contributed by atoms with Crippen molar-refractivity contribution < 1.29 is 20.4 Å². The molecule has 7 aromatic rings. The van der Waals surface area contributed by atoms with Crippen LogP contribution in [0.2, 0.25) is 0 Å². The van der Waals surface area contributed by atoms with Gasteiger partial charge in [-0.15, -0.1) is 0 Å². The van der Waals surface area contributed by atoms with Crippen LogP contribution in [0.3, 0.4) is 0 Å². The van der Waals surface area contributed by atoms with Crippen LogP contribution >= 0.6 is 0 Å². The molecule has 4 unspecified atom stereocenters. The maximum absolute atomic E-state index is 10.3. The maximum atomic E-state index is 10.3. The fourth-order valence-electron chi connectivity index (χ4n) is 8.61. The minimum absolute atomic E-state index is 0.390. The van der Waals surface area contributed by atoms with Gasteiger partial charge in [0.2, 0.25) is 0 Å². The molecule has 0 radical (unpaired) electrons. The number of nitrogens with one attached hydrogen (secondary N) is 2. The van der Waals surface area contributed by atoms with Gasteiger partial charge in [-0.2, -0.15) is 0 Å². The van der Waals surface area contributed by atoms with Gasteiger partial charge in [0.1, 0.15) is 0 Å². The molecule has 6 N–H and O–H groups in total. The first-order chi connectivity index (χ1) is 30.9. The highest BCUT2D eigenvalue weighted by molar-refractivity contribution is 5.99. The van der Waals surface area contributed by atoms with Gasteiger partial charge in [0.05, 0.1) is 47.2 Å². The molecule has 0 aliphatic carbocycles. The highest BCUT2D eigenvalue weighted by Crippen LogP contribution is 2.39. The summed E-state index contributed by atoms with van der Waals surface area (Å²) in [7, 11) is 0. The van der Waals surface area contributed by atoms with Crippen molar-refractivity contribution in [2.24, 2.45) is 0 Å². The van der Waals surface area contributed by atoms with Gasteiger partial charge in [-0.3, -0.25) is 19.9 Å². The van der Waals surface area contributed by atoms with E-state index in [-0.39, 0.29) is 0 Å². The molecular formula is C52H50N8O4. The Morgan fingerprint density at radius 2 is 0.609 bits per heavy atom. The highest BCUT2D eigenvalue weighted by atomic mass is 16.3. The first kappa shape index (κ1) is 42.3. The Bertz CT molecular complexity index is 2700. The van der Waals surface area contributed by atoms with Gasteiger partial charge in [0, 0.05) is 118 Å². The van der Waals surface area contributed by atoms with Gasteiger partial charge in [0.25, 0.3) is 0 Å². The quantitative estimate of drug-likeness (QED) is 0.0694. The first-order valence-corrected chi connectivity index (χ1v) is 21.7. The molecule has 2 aliphatic rings. The molecule has 9 heterocycles. The average molecular weight is 851 g/mol. The number of aliphatic hydroxyl groups is 4. The number of aromatic amines is 2. The summed E-state index contributed by atoms with van der Waals surface area (Å²) in [6, 6.07) is 24.1. The number of hydrogen-bond acceptors (Lipinski definition) is 10. The smallest absolute Gasteiger partial charge is 0.0737 e. The minimum atomic E-state index is -0.576. The number of H-pyrrole nitrogens is 2. The van der Waals surface area contributed by atoms with Crippen LogP contribution in [0.4, 0.5) is 0 Å². The fraction of sp³-hybridized carbons (Fsp3) is 0.231. The summed E-state index contributed by atoms with van der Waals surface area (Å²) in [5, 5.41) is 41.4. The second-order valence-electron chi connectivity index (χ2n) is 16.9. The molecule has 12 heteroatoms. The third kappa shape index (κ3) is 9.08. The van der Waals surface area contributed by atoms with E-state index >= 15 is 0 Å². The Hall–Kier alpha value is -6.96. The third-order valence-electron chi connectivity index (χ3n) is 11.2. The number of aliphatic hydroxyl groups excluding tert-OH is 4. The zero-order chi connectivity index (χ0) is 44.5. The Morgan fingerprint density at radius 3 is 0.828 bits per heavy atom. The molecule has 9 rings (SSSR count). The normalized spacial score (nSPS) is 14.1. The van der Waals surface area contributed by atoms with E-state index in [0.717, 1.165) is 112 Å². The van der Waals surface area contributed by atoms with Gasteiger partial charge in [-0.25, -0.2) is 9.97 Å². The van der Waals surface area contributed by atoms with Crippen molar-refractivity contribution in [1.82, 2.24) is 39.9 Å². The van der Waals surface area contributed by atoms with Gasteiger partial charge in [-0.05, 0) is 147 Å². The van der Waals surface area contributed by atoms with Gasteiger partial charge >= 0.3 is 0 Å². The first-order valence-electron chi connectivity index (χ1n) is 21.7. The summed E-state index contributed by atoms with van der Waals surface area (Å²) in [5.41, 5.74) is 16.0. The number of aromatic nitrogens is 8. The summed E-state index contributed by atoms with van der Waals surface area (Å²) in [6.45, 7) is 7.02. The molecule has 0 fully saturated rings. The SMILES string of the molecule is CC(O)Cc1cc(-c2c3nc(c(-c4ccnc(CC(C)O)c4)c4ccc([nH]4)c(-c4ccnc(CC(C)O)c4)c4nc(c(-c5ccnc(CC(C)O)c5)c5ccc2[nH]5)C=C4)C=C3)ccn1. The molecule has 322 valence electrons. The van der Waals surface area contributed by atoms with Crippen molar-refractivity contribution in [3.05, 3.63) is 143 Å². The van der Waals surface area contributed by atoms with E-state index in [1.165, 1.54) is 0 Å². The molecule has 0 aromatic carbocycles. The molecule has 8 bridgehead atoms. The van der Waals surface area contributed by atoms with Crippen molar-refractivity contribution in [2.75, 3.05) is 0 Å². The number of nitrogens with zero attached hydrogens (tertiary/aromatic N) is 6. The van der Waals surface area contributed by atoms with Crippen molar-refractivity contribution in [3.63, 3.8) is 0 Å². The Kier molecular flexibility index (Phi) is 11.9. The lowest BCUT2D eigenvalue weighted by Gasteiger charge is -2.10. The van der Waals surface area contributed by atoms with E-state index in [1.807, 2.05) is 72.8 Å². The lowest BCUT2D eigenvalue weighted by Crippen LogP contribution is -2.06. The molecule has 64 heavy (non-hydrogen) atoms. The summed E-state index contributed by atoms with van der Waals surface area (Å²) in [5.74, 6) is 0. The van der Waals surface area contributed by atoms with Crippen LogP contribution in [0.5, 0.6) is 0 Å². The Morgan fingerprint density at radius 1 is 0.375 bits per heavy atom. The van der Waals surface area contributed by atoms with Crippen LogP contribution in [0.25, 0.3) is 90.9 Å². The topological polar surface area (TPSA) is 190 Å². The Balaban J connectivity index is 1.43. The lowest BCUT2D eigenvalue weighted by molar-refractivity contribution is 0.193. The van der Waals surface area contributed by atoms with Gasteiger partial charge in [0.15, 0.2) is 0 Å². The molecule has 2 aliphatic heterocycles. The molecule has 7 aromatic heterocycles. The monoisotopic (exact) mass is 850 g/mol. The fourth-order valence-corrected chi connectivity index (χ4v) is 8.61. The van der Waals surface area contributed by atoms with Crippen molar-refractivity contribution in [3.8, 4) is 44.5 Å². The van der Waals surface area contributed by atoms with E-state index in [0.29, 0.717) is 25.7 Å². The standard InChI is InChI=1S/C52H50N8O4/c1-29(61)21-37-25-33(13-17-53-37)49-41-5-7-43(57-41)50(34-14-18-54-38(26-34)22-30(2)62)45-9-11-47(59-45)52(36-16-20-56-40(28-36)24-32(4)64)48-12-10-46(60-48)51(44-8-6-42(49)58-44)35-15-19-55-39(27-35)23-31(3)63/h5-20,25-32,57,60-64H,21-24H2,1-4H3. The Labute approximate surface area is 370 Å². The van der Waals surface area contributed by atoms with Crippen LogP contribution in [0, 0.1) is 0 Å². The average Bonchev–Trinajstić information content (AvgIpc) is 4.09. The number of pyridine rings is 4. The molecule has 0 saturated heterocycles. The molecular weight excluding hydrogens is 801 g/mol. The lowest BCUT2D eigenvalue weighted by atomic mass is 10.0. The van der Waals surface area contributed by atoms with Crippen molar-refractivity contribution >= 4 is 46.4 Å². The summed E-state index contributed by atoms with van der Waals surface area (Å²) < 4.78 is 0. The van der Waals surface area contributed by atoms with Crippen molar-refractivity contribution in [2.45, 2.75) is 77.8 Å². The summed E-state index contributed by atoms with van der Waals surface area (Å²) in [4.78, 5) is 36.7. The summed E-state index contributed by atoms with van der Waals surface area (Å²) >= 11 is 0. The molecule has 0 saturated carbocycles. The zero-order valence-corrected chi connectivity index (χ0v) is 36.2. The van der Waals surface area contributed by atoms with E-state index in [1.54, 1.807) is 52.5 Å². The molecule has 4 atom stereocenters. The van der Waals surface area contributed by atoms with E-state index in [4.69, 9.17) is 9.97 Å². The predicted molar refractivity (Wildman–Crippen MR) is 253 cm³/mol. The zero-order valence-electron chi connectivity index (χ0n) is 36.2. The third-order valence-corrected chi connectivity index (χ3v) is 11.2. The molecule has 0 spiro atoms. The van der Waals surface area contributed by atoms with Crippen LogP contribution in [0.1, 0.15) is 73.2 Å². The largest absolute Gasteiger partial charge is 0.393 e. The van der Waals surface area contributed by atoms with Gasteiger partial charge < -0.3 is 30.4 Å². The number of rotatable bonds is 12.